The summed E-state index contributed by atoms with van der Waals surface area (Å²) in [6.07, 6.45) is 1.87. The van der Waals surface area contributed by atoms with E-state index < -0.39 is 0 Å². The van der Waals surface area contributed by atoms with Gasteiger partial charge in [0.1, 0.15) is 0 Å². The summed E-state index contributed by atoms with van der Waals surface area (Å²) in [6, 6.07) is 6.19. The van der Waals surface area contributed by atoms with E-state index in [1.807, 2.05) is 24.0 Å². The molecule has 1 aliphatic rings. The lowest BCUT2D eigenvalue weighted by Crippen LogP contribution is -2.41. The topological polar surface area (TPSA) is 36.3 Å². The first kappa shape index (κ1) is 12.7. The molecule has 100 valence electrons. The molecule has 4 nitrogen and oxygen atoms in total. The van der Waals surface area contributed by atoms with Crippen molar-refractivity contribution in [3.05, 3.63) is 24.4 Å². The first-order valence-electron chi connectivity index (χ1n) is 6.57. The molecule has 0 atom stereocenters. The van der Waals surface area contributed by atoms with Crippen molar-refractivity contribution in [2.45, 2.75) is 38.9 Å². The number of nitrogens with zero attached hydrogens (tertiary/aromatic N) is 2. The van der Waals surface area contributed by atoms with Gasteiger partial charge in [-0.1, -0.05) is 12.1 Å². The van der Waals surface area contributed by atoms with Crippen molar-refractivity contribution in [3.8, 4) is 0 Å². The lowest BCUT2D eigenvalue weighted by Gasteiger charge is -2.32. The van der Waals surface area contributed by atoms with E-state index in [0.29, 0.717) is 0 Å². The Kier molecular flexibility index (Phi) is 2.56. The second kappa shape index (κ2) is 3.84. The first-order valence-corrected chi connectivity index (χ1v) is 6.57. The molecule has 0 saturated carbocycles. The lowest BCUT2D eigenvalue weighted by molar-refractivity contribution is 0.00578. The predicted molar refractivity (Wildman–Crippen MR) is 76.4 cm³/mol. The molecule has 19 heavy (non-hydrogen) atoms. The van der Waals surface area contributed by atoms with E-state index in [1.165, 1.54) is 0 Å². The molecule has 1 aromatic heterocycles. The minimum absolute atomic E-state index is 0.304. The SMILES string of the molecule is Cn1ncc2cc(B3OC(C)(C)C(C)(C)O3)ccc21. The standard InChI is InChI=1S/C14H19BN2O2/c1-13(2)14(3,4)19-15(18-13)11-6-7-12-10(8-11)9-16-17(12)5/h6-9H,1-5H3. The highest BCUT2D eigenvalue weighted by atomic mass is 16.7. The molecule has 0 bridgehead atoms. The van der Waals surface area contributed by atoms with Crippen LogP contribution >= 0.6 is 0 Å². The Hall–Kier alpha value is -1.33. The number of fused-ring (bicyclic) bond motifs is 1. The second-order valence-electron chi connectivity index (χ2n) is 6.17. The summed E-state index contributed by atoms with van der Waals surface area (Å²) in [6.45, 7) is 8.26. The van der Waals surface area contributed by atoms with Gasteiger partial charge in [0.15, 0.2) is 0 Å². The van der Waals surface area contributed by atoms with Crippen LogP contribution in [-0.2, 0) is 16.4 Å². The van der Waals surface area contributed by atoms with E-state index in [-0.39, 0.29) is 18.3 Å². The Bertz CT molecular complexity index is 617. The number of rotatable bonds is 1. The Morgan fingerprint density at radius 1 is 1.11 bits per heavy atom. The van der Waals surface area contributed by atoms with E-state index in [0.717, 1.165) is 16.4 Å². The van der Waals surface area contributed by atoms with Gasteiger partial charge in [-0.05, 0) is 39.2 Å². The maximum atomic E-state index is 6.06. The first-order chi connectivity index (χ1) is 8.80. The van der Waals surface area contributed by atoms with Gasteiger partial charge in [0, 0.05) is 12.4 Å². The smallest absolute Gasteiger partial charge is 0.399 e. The van der Waals surface area contributed by atoms with Gasteiger partial charge < -0.3 is 9.31 Å². The van der Waals surface area contributed by atoms with E-state index in [9.17, 15) is 0 Å². The Labute approximate surface area is 113 Å². The number of benzene rings is 1. The molecule has 0 aliphatic carbocycles. The molecule has 0 unspecified atom stereocenters. The van der Waals surface area contributed by atoms with Gasteiger partial charge in [0.25, 0.3) is 0 Å². The number of hydrogen-bond donors (Lipinski definition) is 0. The highest BCUT2D eigenvalue weighted by Crippen LogP contribution is 2.36. The van der Waals surface area contributed by atoms with Crippen molar-refractivity contribution in [1.29, 1.82) is 0 Å². The molecule has 3 rings (SSSR count). The zero-order valence-corrected chi connectivity index (χ0v) is 12.1. The molecule has 0 radical (unpaired) electrons. The van der Waals surface area contributed by atoms with Gasteiger partial charge in [0.05, 0.1) is 22.9 Å². The highest BCUT2D eigenvalue weighted by molar-refractivity contribution is 6.62. The van der Waals surface area contributed by atoms with Crippen LogP contribution in [-0.4, -0.2) is 28.1 Å². The molecule has 0 spiro atoms. The fourth-order valence-electron chi connectivity index (χ4n) is 2.31. The van der Waals surface area contributed by atoms with Gasteiger partial charge in [-0.3, -0.25) is 4.68 Å². The van der Waals surface area contributed by atoms with Gasteiger partial charge >= 0.3 is 7.12 Å². The van der Waals surface area contributed by atoms with Gasteiger partial charge in [-0.25, -0.2) is 0 Å². The van der Waals surface area contributed by atoms with Crippen LogP contribution < -0.4 is 5.46 Å². The quantitative estimate of drug-likeness (QED) is 0.733. The summed E-state index contributed by atoms with van der Waals surface area (Å²) in [7, 11) is 1.63. The van der Waals surface area contributed by atoms with Crippen molar-refractivity contribution < 1.29 is 9.31 Å². The highest BCUT2D eigenvalue weighted by Gasteiger charge is 2.51. The fourth-order valence-corrected chi connectivity index (χ4v) is 2.31. The van der Waals surface area contributed by atoms with E-state index in [4.69, 9.17) is 9.31 Å². The summed E-state index contributed by atoms with van der Waals surface area (Å²) in [5, 5.41) is 5.36. The van der Waals surface area contributed by atoms with Gasteiger partial charge in [-0.15, -0.1) is 0 Å². The molecular formula is C14H19BN2O2. The number of aromatic nitrogens is 2. The molecule has 0 N–H and O–H groups in total. The summed E-state index contributed by atoms with van der Waals surface area (Å²) in [5.41, 5.74) is 1.54. The Balaban J connectivity index is 1.98. The van der Waals surface area contributed by atoms with E-state index >= 15 is 0 Å². The van der Waals surface area contributed by atoms with Crippen LogP contribution in [0.2, 0.25) is 0 Å². The average Bonchev–Trinajstić information content (AvgIpc) is 2.78. The molecule has 1 saturated heterocycles. The molecule has 0 amide bonds. The normalized spacial score (nSPS) is 21.2. The van der Waals surface area contributed by atoms with Crippen LogP contribution in [0.1, 0.15) is 27.7 Å². The molecular weight excluding hydrogens is 239 g/mol. The summed E-state index contributed by atoms with van der Waals surface area (Å²) in [4.78, 5) is 0. The van der Waals surface area contributed by atoms with Gasteiger partial charge in [-0.2, -0.15) is 5.10 Å². The second-order valence-corrected chi connectivity index (χ2v) is 6.17. The Morgan fingerprint density at radius 3 is 2.37 bits per heavy atom. The van der Waals surface area contributed by atoms with Crippen molar-refractivity contribution in [1.82, 2.24) is 9.78 Å². The zero-order valence-electron chi connectivity index (χ0n) is 12.1. The molecule has 2 aromatic rings. The van der Waals surface area contributed by atoms with Crippen molar-refractivity contribution in [2.75, 3.05) is 0 Å². The van der Waals surface area contributed by atoms with Crippen LogP contribution in [0.4, 0.5) is 0 Å². The van der Waals surface area contributed by atoms with Crippen molar-refractivity contribution >= 4 is 23.5 Å². The Morgan fingerprint density at radius 2 is 1.74 bits per heavy atom. The van der Waals surface area contributed by atoms with E-state index in [2.05, 4.69) is 44.9 Å². The number of hydrogen-bond acceptors (Lipinski definition) is 3. The molecule has 1 fully saturated rings. The molecule has 5 heteroatoms. The van der Waals surface area contributed by atoms with Crippen LogP contribution in [0.5, 0.6) is 0 Å². The predicted octanol–water partition coefficient (Wildman–Crippen LogP) is 1.87. The van der Waals surface area contributed by atoms with E-state index in [1.54, 1.807) is 0 Å². The van der Waals surface area contributed by atoms with Crippen molar-refractivity contribution in [2.24, 2.45) is 7.05 Å². The lowest BCUT2D eigenvalue weighted by atomic mass is 9.79. The third-order valence-electron chi connectivity index (χ3n) is 4.30. The summed E-state index contributed by atoms with van der Waals surface area (Å²) < 4.78 is 14.0. The third-order valence-corrected chi connectivity index (χ3v) is 4.30. The van der Waals surface area contributed by atoms with Crippen LogP contribution in [0, 0.1) is 0 Å². The fraction of sp³-hybridized carbons (Fsp3) is 0.500. The zero-order chi connectivity index (χ0) is 13.8. The van der Waals surface area contributed by atoms with Crippen molar-refractivity contribution in [3.63, 3.8) is 0 Å². The average molecular weight is 258 g/mol. The maximum Gasteiger partial charge on any atom is 0.494 e. The van der Waals surface area contributed by atoms with Crippen LogP contribution in [0.3, 0.4) is 0 Å². The molecule has 2 heterocycles. The van der Waals surface area contributed by atoms with Crippen LogP contribution in [0.15, 0.2) is 24.4 Å². The summed E-state index contributed by atoms with van der Waals surface area (Å²) >= 11 is 0. The maximum absolute atomic E-state index is 6.06. The third kappa shape index (κ3) is 1.88. The summed E-state index contributed by atoms with van der Waals surface area (Å²) in [5.74, 6) is 0. The van der Waals surface area contributed by atoms with Crippen LogP contribution in [0.25, 0.3) is 10.9 Å². The molecule has 1 aromatic carbocycles. The molecule has 1 aliphatic heterocycles. The largest absolute Gasteiger partial charge is 0.494 e. The minimum Gasteiger partial charge on any atom is -0.399 e. The number of aryl methyl sites for hydroxylation is 1. The monoisotopic (exact) mass is 258 g/mol. The van der Waals surface area contributed by atoms with Gasteiger partial charge in [0.2, 0.25) is 0 Å². The minimum atomic E-state index is -0.311.